The fraction of sp³-hybridized carbons (Fsp3) is 0.409. The van der Waals surface area contributed by atoms with Crippen LogP contribution in [0.5, 0.6) is 0 Å². The van der Waals surface area contributed by atoms with E-state index in [1.807, 2.05) is 13.8 Å². The Kier molecular flexibility index (Phi) is 6.32. The molecule has 0 aliphatic heterocycles. The Morgan fingerprint density at radius 3 is 1.86 bits per heavy atom. The van der Waals surface area contributed by atoms with Crippen LogP contribution in [0.15, 0.2) is 60.7 Å². The van der Waals surface area contributed by atoms with Gasteiger partial charge < -0.3 is 0 Å². The van der Waals surface area contributed by atoms with E-state index in [1.54, 1.807) is 0 Å². The summed E-state index contributed by atoms with van der Waals surface area (Å²) >= 11 is 0.0287. The third-order valence-electron chi connectivity index (χ3n) is 6.25. The van der Waals surface area contributed by atoms with E-state index in [0.29, 0.717) is 12.8 Å². The summed E-state index contributed by atoms with van der Waals surface area (Å²) in [6, 6.07) is 21.4. The number of carbonyl (C=O) groups excluding carboxylic acids is 1. The van der Waals surface area contributed by atoms with Crippen LogP contribution in [0.1, 0.15) is 33.1 Å². The fourth-order valence-electron chi connectivity index (χ4n) is 4.50. The molecule has 0 heterocycles. The van der Waals surface area contributed by atoms with Crippen molar-refractivity contribution in [3.63, 3.8) is 0 Å². The van der Waals surface area contributed by atoms with Crippen LogP contribution in [0.2, 0.25) is 0 Å². The number of carbonyl (C=O) groups is 1. The average molecular weight is 513 g/mol. The summed E-state index contributed by atoms with van der Waals surface area (Å²) in [4.78, 5) is 11.9. The van der Waals surface area contributed by atoms with Crippen molar-refractivity contribution in [2.75, 3.05) is 5.75 Å². The number of fused-ring (bicyclic) bond motifs is 2. The van der Waals surface area contributed by atoms with E-state index in [-0.39, 0.29) is 38.3 Å². The average Bonchev–Trinajstić information content (AvgIpc) is 2.97. The van der Waals surface area contributed by atoms with Crippen LogP contribution in [-0.4, -0.2) is 24.5 Å². The van der Waals surface area contributed by atoms with Gasteiger partial charge in [0.1, 0.15) is 5.78 Å². The van der Waals surface area contributed by atoms with Crippen LogP contribution in [0.4, 0.5) is 0 Å². The van der Waals surface area contributed by atoms with Crippen molar-refractivity contribution < 1.29 is 39.0 Å². The summed E-state index contributed by atoms with van der Waals surface area (Å²) in [6.07, 6.45) is 1.97. The minimum absolute atomic E-state index is 0.0152. The summed E-state index contributed by atoms with van der Waals surface area (Å²) in [5, 5.41) is 0. The van der Waals surface area contributed by atoms with Crippen molar-refractivity contribution in [1.29, 1.82) is 0 Å². The molecule has 2 aromatic carbocycles. The van der Waals surface area contributed by atoms with Gasteiger partial charge in [-0.1, -0.05) is 13.8 Å². The van der Waals surface area contributed by atoms with Crippen LogP contribution in [0.3, 0.4) is 0 Å². The monoisotopic (exact) mass is 513 g/mol. The van der Waals surface area contributed by atoms with E-state index in [0.717, 1.165) is 6.42 Å². The topological polar surface area (TPSA) is 71.4 Å². The van der Waals surface area contributed by atoms with Gasteiger partial charge in [0, 0.05) is 6.42 Å². The van der Waals surface area contributed by atoms with Crippen molar-refractivity contribution in [3.8, 4) is 0 Å². The molecule has 0 aromatic heterocycles. The number of hydrogen-bond donors (Lipinski definition) is 1. The van der Waals surface area contributed by atoms with Crippen molar-refractivity contribution in [3.05, 3.63) is 67.8 Å². The van der Waals surface area contributed by atoms with E-state index >= 15 is 0 Å². The van der Waals surface area contributed by atoms with Gasteiger partial charge in [-0.25, -0.2) is 0 Å². The molecule has 2 aliphatic carbocycles. The van der Waals surface area contributed by atoms with E-state index in [1.165, 1.54) is 7.14 Å². The van der Waals surface area contributed by atoms with E-state index in [9.17, 15) is 13.2 Å². The molecule has 2 aliphatic rings. The SMILES string of the molecule is CC1(C)C2CCC1(CS(=O)(=O)O)C(=O)C2.c1ccc([I-]c2ccccc2)cc1. The Morgan fingerprint density at radius 2 is 1.50 bits per heavy atom. The standard InChI is InChI=1S/C12H10I.C10H16O4S/c1-3-7-11(8-4-1)13-12-9-5-2-6-10-12;1-9(2)7-3-4-10(9,8(11)5-7)6-15(12,13)14/h1-10H;7H,3-6H2,1-2H3,(H,12,13,14)/q-1;. The Hall–Kier alpha value is -1.25. The van der Waals surface area contributed by atoms with Crippen LogP contribution < -0.4 is 21.2 Å². The maximum atomic E-state index is 11.9. The zero-order valence-corrected chi connectivity index (χ0v) is 19.1. The molecule has 0 spiro atoms. The van der Waals surface area contributed by atoms with Crippen molar-refractivity contribution in [2.24, 2.45) is 16.7 Å². The second-order valence-electron chi connectivity index (χ2n) is 8.08. The molecule has 152 valence electrons. The molecule has 0 saturated heterocycles. The number of ketones is 1. The normalized spacial score (nSPS) is 25.4. The van der Waals surface area contributed by atoms with Crippen molar-refractivity contribution >= 4 is 15.9 Å². The van der Waals surface area contributed by atoms with Gasteiger partial charge in [-0.05, 0) is 24.2 Å². The molecular weight excluding hydrogens is 487 g/mol. The fourth-order valence-corrected chi connectivity index (χ4v) is 8.07. The summed E-state index contributed by atoms with van der Waals surface area (Å²) in [6.45, 7) is 3.89. The molecule has 2 aromatic rings. The summed E-state index contributed by atoms with van der Waals surface area (Å²) in [5.74, 6) is -0.101. The molecular formula is C22H26IO4S-. The first-order valence-electron chi connectivity index (χ1n) is 9.37. The molecule has 2 atom stereocenters. The van der Waals surface area contributed by atoms with Crippen molar-refractivity contribution in [2.45, 2.75) is 33.1 Å². The van der Waals surface area contributed by atoms with Crippen LogP contribution >= 0.6 is 0 Å². The molecule has 4 rings (SSSR count). The second kappa shape index (κ2) is 8.24. The van der Waals surface area contributed by atoms with E-state index < -0.39 is 21.3 Å². The minimum atomic E-state index is -4.08. The number of benzene rings is 2. The molecule has 28 heavy (non-hydrogen) atoms. The van der Waals surface area contributed by atoms with Gasteiger partial charge in [-0.2, -0.15) is 8.42 Å². The first kappa shape index (κ1) is 21.5. The third-order valence-corrected chi connectivity index (χ3v) is 9.79. The molecule has 2 bridgehead atoms. The number of Topliss-reactive ketones (excluding diaryl/α,β-unsaturated/α-hetero) is 1. The van der Waals surface area contributed by atoms with Gasteiger partial charge in [0.25, 0.3) is 10.1 Å². The first-order valence-corrected chi connectivity index (χ1v) is 13.1. The molecule has 1 N–H and O–H groups in total. The first-order chi connectivity index (χ1) is 13.1. The van der Waals surface area contributed by atoms with Gasteiger partial charge in [-0.15, -0.1) is 0 Å². The Bertz CT molecular complexity index is 888. The number of rotatable bonds is 4. The predicted molar refractivity (Wildman–Crippen MR) is 105 cm³/mol. The van der Waals surface area contributed by atoms with Crippen LogP contribution in [0, 0.1) is 23.9 Å². The Balaban J connectivity index is 0.000000162. The van der Waals surface area contributed by atoms with Crippen LogP contribution in [-0.2, 0) is 14.9 Å². The molecule has 6 heteroatoms. The maximum absolute atomic E-state index is 11.9. The molecule has 2 saturated carbocycles. The Morgan fingerprint density at radius 1 is 1.00 bits per heavy atom. The summed E-state index contributed by atoms with van der Waals surface area (Å²) < 4.78 is 33.9. The van der Waals surface area contributed by atoms with Gasteiger partial charge in [0.05, 0.1) is 11.2 Å². The number of halogens is 1. The van der Waals surface area contributed by atoms with Crippen LogP contribution in [0.25, 0.3) is 0 Å². The molecule has 2 fully saturated rings. The quantitative estimate of drug-likeness (QED) is 0.491. The molecule has 0 radical (unpaired) electrons. The predicted octanol–water partition coefficient (Wildman–Crippen LogP) is 1.08. The Labute approximate surface area is 177 Å². The van der Waals surface area contributed by atoms with Gasteiger partial charge in [0.2, 0.25) is 0 Å². The van der Waals surface area contributed by atoms with E-state index in [4.69, 9.17) is 4.55 Å². The molecule has 0 amide bonds. The zero-order valence-electron chi connectivity index (χ0n) is 16.1. The zero-order chi connectivity index (χ0) is 20.4. The van der Waals surface area contributed by atoms with Gasteiger partial charge >= 0.3 is 89.0 Å². The second-order valence-corrected chi connectivity index (χ2v) is 12.6. The number of hydrogen-bond acceptors (Lipinski definition) is 3. The molecule has 2 unspecified atom stereocenters. The van der Waals surface area contributed by atoms with Gasteiger partial charge in [0.15, 0.2) is 0 Å². The third kappa shape index (κ3) is 4.49. The van der Waals surface area contributed by atoms with E-state index in [2.05, 4.69) is 60.7 Å². The summed E-state index contributed by atoms with van der Waals surface area (Å²) in [5.41, 5.74) is -1.12. The van der Waals surface area contributed by atoms with Crippen molar-refractivity contribution in [1.82, 2.24) is 0 Å². The van der Waals surface area contributed by atoms with Gasteiger partial charge in [-0.3, -0.25) is 9.35 Å². The summed E-state index contributed by atoms with van der Waals surface area (Å²) in [7, 11) is -4.08. The molecule has 4 nitrogen and oxygen atoms in total.